The molecule has 2 fully saturated rings. The Morgan fingerprint density at radius 3 is 2.84 bits per heavy atom. The van der Waals surface area contributed by atoms with Crippen molar-refractivity contribution >= 4 is 5.91 Å². The number of aromatic nitrogens is 4. The zero-order chi connectivity index (χ0) is 21.9. The van der Waals surface area contributed by atoms with Crippen LogP contribution in [0.1, 0.15) is 50.2 Å². The van der Waals surface area contributed by atoms with Crippen molar-refractivity contribution in [2.24, 2.45) is 5.41 Å². The zero-order valence-corrected chi connectivity index (χ0v) is 18.9. The van der Waals surface area contributed by atoms with Gasteiger partial charge in [-0.05, 0) is 73.2 Å². The second-order valence-corrected chi connectivity index (χ2v) is 10.0. The highest BCUT2D eigenvalue weighted by Gasteiger charge is 2.49. The van der Waals surface area contributed by atoms with Gasteiger partial charge in [0.2, 0.25) is 5.91 Å². The maximum absolute atomic E-state index is 13.4. The third-order valence-electron chi connectivity index (χ3n) is 8.12. The maximum atomic E-state index is 13.4. The molecule has 32 heavy (non-hydrogen) atoms. The first-order chi connectivity index (χ1) is 15.5. The Bertz CT molecular complexity index is 1100. The van der Waals surface area contributed by atoms with Crippen molar-refractivity contribution in [2.45, 2.75) is 58.2 Å². The normalized spacial score (nSPS) is 27.2. The molecule has 0 atom stereocenters. The number of rotatable bonds is 4. The first kappa shape index (κ1) is 20.1. The van der Waals surface area contributed by atoms with Crippen LogP contribution < -0.4 is 0 Å². The highest BCUT2D eigenvalue weighted by molar-refractivity contribution is 5.86. The van der Waals surface area contributed by atoms with Crippen molar-refractivity contribution in [2.75, 3.05) is 26.8 Å². The lowest BCUT2D eigenvalue weighted by molar-refractivity contribution is -0.136. The van der Waals surface area contributed by atoms with E-state index in [1.807, 2.05) is 9.58 Å². The number of ether oxygens (including phenoxy) is 1. The summed E-state index contributed by atoms with van der Waals surface area (Å²) in [6.07, 6.45) is 5.14. The lowest BCUT2D eigenvalue weighted by atomic mass is 9.71. The third kappa shape index (κ3) is 3.11. The van der Waals surface area contributed by atoms with Crippen LogP contribution in [0.3, 0.4) is 0 Å². The zero-order valence-electron chi connectivity index (χ0n) is 18.9. The van der Waals surface area contributed by atoms with Crippen LogP contribution >= 0.6 is 0 Å². The van der Waals surface area contributed by atoms with E-state index in [4.69, 9.17) is 4.74 Å². The maximum Gasteiger partial charge on any atom is 0.233 e. The number of likely N-dealkylation sites (tertiary alicyclic amines) is 1. The monoisotopic (exact) mass is 434 g/mol. The van der Waals surface area contributed by atoms with Crippen molar-refractivity contribution < 1.29 is 9.53 Å². The van der Waals surface area contributed by atoms with E-state index >= 15 is 0 Å². The number of carbonyl (C=O) groups excluding carboxylic acids is 1. The molecule has 1 spiro atoms. The molecule has 1 saturated carbocycles. The van der Waals surface area contributed by atoms with E-state index in [-0.39, 0.29) is 5.41 Å². The molecule has 1 aliphatic carbocycles. The molecule has 8 nitrogen and oxygen atoms in total. The van der Waals surface area contributed by atoms with Gasteiger partial charge >= 0.3 is 0 Å². The van der Waals surface area contributed by atoms with E-state index in [1.54, 1.807) is 0 Å². The number of hydrogen-bond acceptors (Lipinski definition) is 6. The Morgan fingerprint density at radius 2 is 2.06 bits per heavy atom. The van der Waals surface area contributed by atoms with Crippen molar-refractivity contribution in [1.82, 2.24) is 30.0 Å². The summed E-state index contributed by atoms with van der Waals surface area (Å²) >= 11 is 0. The molecule has 8 heteroatoms. The fourth-order valence-electron chi connectivity index (χ4n) is 6.13. The van der Waals surface area contributed by atoms with E-state index in [9.17, 15) is 4.79 Å². The number of carbonyl (C=O) groups is 1. The molecule has 0 radical (unpaired) electrons. The Kier molecular flexibility index (Phi) is 4.69. The second kappa shape index (κ2) is 7.49. The van der Waals surface area contributed by atoms with E-state index in [0.717, 1.165) is 68.8 Å². The standard InChI is InChI=1S/C24H30N6O2/c1-16-14-32-15-21(16)29-10-9-24(23(29)31)7-5-19(6-8-24)28(2)12-17-3-4-20-18(11-17)13-30-22(20)25-26-27-30/h3-4,11,19H,5-10,12-15H2,1-2H3. The van der Waals surface area contributed by atoms with Crippen LogP contribution in [0, 0.1) is 5.41 Å². The first-order valence-electron chi connectivity index (χ1n) is 11.7. The fraction of sp³-hybridized carbons (Fsp3) is 0.583. The molecular weight excluding hydrogens is 404 g/mol. The molecule has 0 N–H and O–H groups in total. The van der Waals surface area contributed by atoms with E-state index in [1.165, 1.54) is 16.7 Å². The quantitative estimate of drug-likeness (QED) is 0.628. The lowest BCUT2D eigenvalue weighted by Crippen LogP contribution is -2.42. The van der Waals surface area contributed by atoms with Crippen LogP contribution in [-0.2, 0) is 22.6 Å². The van der Waals surface area contributed by atoms with Crippen LogP contribution in [0.25, 0.3) is 11.4 Å². The number of amides is 1. The minimum atomic E-state index is -0.151. The number of hydrogen-bond donors (Lipinski definition) is 0. The average molecular weight is 435 g/mol. The molecule has 2 aromatic rings. The predicted octanol–water partition coefficient (Wildman–Crippen LogP) is 2.60. The molecule has 3 aliphatic heterocycles. The van der Waals surface area contributed by atoms with Gasteiger partial charge in [0.1, 0.15) is 0 Å². The van der Waals surface area contributed by atoms with Gasteiger partial charge in [0.25, 0.3) is 0 Å². The van der Waals surface area contributed by atoms with Crippen LogP contribution in [0.5, 0.6) is 0 Å². The number of fused-ring (bicyclic) bond motifs is 3. The van der Waals surface area contributed by atoms with Gasteiger partial charge in [-0.25, -0.2) is 4.68 Å². The molecule has 1 amide bonds. The van der Waals surface area contributed by atoms with Gasteiger partial charge in [-0.1, -0.05) is 18.2 Å². The number of benzene rings is 1. The summed E-state index contributed by atoms with van der Waals surface area (Å²) in [5.74, 6) is 1.21. The molecule has 168 valence electrons. The highest BCUT2D eigenvalue weighted by Crippen LogP contribution is 2.47. The molecule has 4 heterocycles. The lowest BCUT2D eigenvalue weighted by Gasteiger charge is -2.39. The molecule has 6 rings (SSSR count). The average Bonchev–Trinajstić information content (AvgIpc) is 3.55. The summed E-state index contributed by atoms with van der Waals surface area (Å²) in [4.78, 5) is 17.9. The van der Waals surface area contributed by atoms with E-state index in [2.05, 4.69) is 52.6 Å². The second-order valence-electron chi connectivity index (χ2n) is 10.0. The Morgan fingerprint density at radius 1 is 1.22 bits per heavy atom. The van der Waals surface area contributed by atoms with Gasteiger partial charge < -0.3 is 9.64 Å². The molecule has 0 unspecified atom stereocenters. The minimum Gasteiger partial charge on any atom is -0.371 e. The summed E-state index contributed by atoms with van der Waals surface area (Å²) in [5, 5.41) is 11.9. The summed E-state index contributed by atoms with van der Waals surface area (Å²) < 4.78 is 7.42. The summed E-state index contributed by atoms with van der Waals surface area (Å²) in [6.45, 7) is 5.87. The molecule has 1 aromatic carbocycles. The molecule has 1 aromatic heterocycles. The van der Waals surface area contributed by atoms with Crippen LogP contribution in [0.15, 0.2) is 29.5 Å². The Balaban J connectivity index is 1.09. The van der Waals surface area contributed by atoms with Gasteiger partial charge in [0.15, 0.2) is 5.82 Å². The van der Waals surface area contributed by atoms with Crippen LogP contribution in [-0.4, -0.2) is 68.8 Å². The number of nitrogens with zero attached hydrogens (tertiary/aromatic N) is 6. The predicted molar refractivity (Wildman–Crippen MR) is 118 cm³/mol. The molecule has 0 bridgehead atoms. The van der Waals surface area contributed by atoms with Gasteiger partial charge in [-0.15, -0.1) is 5.10 Å². The van der Waals surface area contributed by atoms with Gasteiger partial charge in [-0.2, -0.15) is 0 Å². The SMILES string of the molecule is CC1=C(N2CCC3(CCC(N(C)Cc4ccc5c(c4)Cn4nnnc4-5)CC3)C2=O)COC1. The minimum absolute atomic E-state index is 0.151. The van der Waals surface area contributed by atoms with Gasteiger partial charge in [-0.3, -0.25) is 9.69 Å². The van der Waals surface area contributed by atoms with E-state index in [0.29, 0.717) is 25.2 Å². The van der Waals surface area contributed by atoms with Crippen molar-refractivity contribution in [3.05, 3.63) is 40.6 Å². The Labute approximate surface area is 188 Å². The first-order valence-corrected chi connectivity index (χ1v) is 11.7. The van der Waals surface area contributed by atoms with Crippen molar-refractivity contribution in [3.63, 3.8) is 0 Å². The highest BCUT2D eigenvalue weighted by atomic mass is 16.5. The summed E-state index contributed by atoms with van der Waals surface area (Å²) in [5.41, 5.74) is 5.92. The van der Waals surface area contributed by atoms with Crippen molar-refractivity contribution in [1.29, 1.82) is 0 Å². The third-order valence-corrected chi connectivity index (χ3v) is 8.12. The number of tetrazole rings is 1. The van der Waals surface area contributed by atoms with Gasteiger partial charge in [0, 0.05) is 30.4 Å². The van der Waals surface area contributed by atoms with E-state index < -0.39 is 0 Å². The largest absolute Gasteiger partial charge is 0.371 e. The topological polar surface area (TPSA) is 76.4 Å². The van der Waals surface area contributed by atoms with Crippen LogP contribution in [0.2, 0.25) is 0 Å². The summed E-state index contributed by atoms with van der Waals surface area (Å²) in [6, 6.07) is 7.15. The summed E-state index contributed by atoms with van der Waals surface area (Å²) in [7, 11) is 2.22. The smallest absolute Gasteiger partial charge is 0.233 e. The fourth-order valence-corrected chi connectivity index (χ4v) is 6.13. The molecule has 4 aliphatic rings. The van der Waals surface area contributed by atoms with Crippen molar-refractivity contribution in [3.8, 4) is 11.4 Å². The molecule has 1 saturated heterocycles. The molecular formula is C24H30N6O2. The van der Waals surface area contributed by atoms with Crippen LogP contribution in [0.4, 0.5) is 0 Å². The Hall–Kier alpha value is -2.58. The van der Waals surface area contributed by atoms with Gasteiger partial charge in [0.05, 0.1) is 25.2 Å².